The second kappa shape index (κ2) is 8.77. The molecule has 0 radical (unpaired) electrons. The number of primary amides is 1. The highest BCUT2D eigenvalue weighted by molar-refractivity contribution is 5.98. The minimum Gasteiger partial charge on any atom is -0.365 e. The Balaban J connectivity index is 1.42. The fourth-order valence-corrected chi connectivity index (χ4v) is 3.71. The molecular weight excluding hydrogens is 422 g/mol. The number of carbonyl (C=O) groups is 2. The molecule has 33 heavy (non-hydrogen) atoms. The van der Waals surface area contributed by atoms with Crippen molar-refractivity contribution in [2.75, 3.05) is 0 Å². The fourth-order valence-electron chi connectivity index (χ4n) is 3.71. The lowest BCUT2D eigenvalue weighted by Crippen LogP contribution is -2.27. The van der Waals surface area contributed by atoms with Crippen molar-refractivity contribution in [1.29, 1.82) is 0 Å². The Kier molecular flexibility index (Phi) is 5.86. The topological polar surface area (TPSA) is 157 Å². The second-order valence-corrected chi connectivity index (χ2v) is 7.97. The molecule has 11 heteroatoms. The maximum absolute atomic E-state index is 12.6. The molecule has 0 saturated heterocycles. The van der Waals surface area contributed by atoms with Crippen molar-refractivity contribution in [3.8, 4) is 11.5 Å². The average molecular weight is 448 g/mol. The van der Waals surface area contributed by atoms with Gasteiger partial charge in [0, 0.05) is 24.0 Å². The molecule has 4 rings (SSSR count). The Hall–Kier alpha value is -4.15. The van der Waals surface area contributed by atoms with Crippen LogP contribution in [-0.2, 0) is 11.2 Å². The lowest BCUT2D eigenvalue weighted by Gasteiger charge is -2.13. The molecule has 0 spiro atoms. The Morgan fingerprint density at radius 2 is 2.03 bits per heavy atom. The molecule has 0 fully saturated rings. The van der Waals surface area contributed by atoms with E-state index in [0.29, 0.717) is 29.4 Å². The van der Waals surface area contributed by atoms with E-state index in [0.717, 1.165) is 22.5 Å². The molecule has 4 heterocycles. The van der Waals surface area contributed by atoms with Crippen LogP contribution in [0.2, 0.25) is 0 Å². The number of pyridine rings is 1. The van der Waals surface area contributed by atoms with Crippen LogP contribution in [0, 0.1) is 20.8 Å². The van der Waals surface area contributed by atoms with E-state index in [-0.39, 0.29) is 23.9 Å². The van der Waals surface area contributed by atoms with Crippen molar-refractivity contribution in [1.82, 2.24) is 40.1 Å². The van der Waals surface area contributed by atoms with Crippen molar-refractivity contribution in [3.63, 3.8) is 0 Å². The number of H-pyrrole nitrogens is 1. The van der Waals surface area contributed by atoms with Crippen molar-refractivity contribution < 1.29 is 9.59 Å². The zero-order valence-corrected chi connectivity index (χ0v) is 18.9. The zero-order chi connectivity index (χ0) is 23.7. The van der Waals surface area contributed by atoms with E-state index in [1.54, 1.807) is 10.7 Å². The van der Waals surface area contributed by atoms with E-state index >= 15 is 0 Å². The summed E-state index contributed by atoms with van der Waals surface area (Å²) < 4.78 is 1.58. The molecule has 11 nitrogen and oxygen atoms in total. The summed E-state index contributed by atoms with van der Waals surface area (Å²) in [5.74, 6) is 0.320. The summed E-state index contributed by atoms with van der Waals surface area (Å²) in [6.07, 6.45) is 3.84. The third kappa shape index (κ3) is 4.43. The van der Waals surface area contributed by atoms with E-state index < -0.39 is 5.91 Å². The maximum Gasteiger partial charge on any atom is 0.254 e. The van der Waals surface area contributed by atoms with Crippen molar-refractivity contribution in [3.05, 3.63) is 58.4 Å². The molecule has 4 N–H and O–H groups in total. The smallest absolute Gasteiger partial charge is 0.254 e. The van der Waals surface area contributed by atoms with E-state index in [2.05, 4.69) is 35.6 Å². The van der Waals surface area contributed by atoms with Gasteiger partial charge in [-0.25, -0.2) is 14.5 Å². The molecule has 0 saturated carbocycles. The van der Waals surface area contributed by atoms with Crippen LogP contribution in [0.25, 0.3) is 17.2 Å². The monoisotopic (exact) mass is 447 g/mol. The van der Waals surface area contributed by atoms with Crippen LogP contribution in [-0.4, -0.2) is 46.6 Å². The van der Waals surface area contributed by atoms with Gasteiger partial charge >= 0.3 is 0 Å². The number of carbonyl (C=O) groups excluding carboxylic acids is 2. The van der Waals surface area contributed by atoms with E-state index in [4.69, 9.17) is 5.73 Å². The largest absolute Gasteiger partial charge is 0.365 e. The molecule has 1 atom stereocenters. The zero-order valence-electron chi connectivity index (χ0n) is 18.9. The number of aromatic amines is 1. The van der Waals surface area contributed by atoms with Gasteiger partial charge in [-0.15, -0.1) is 0 Å². The van der Waals surface area contributed by atoms with E-state index in [1.165, 1.54) is 6.20 Å². The van der Waals surface area contributed by atoms with Gasteiger partial charge in [0.25, 0.3) is 5.91 Å². The molecule has 170 valence electrons. The van der Waals surface area contributed by atoms with Gasteiger partial charge in [0.05, 0.1) is 12.2 Å². The Morgan fingerprint density at radius 1 is 1.24 bits per heavy atom. The van der Waals surface area contributed by atoms with Gasteiger partial charge in [-0.1, -0.05) is 0 Å². The van der Waals surface area contributed by atoms with Gasteiger partial charge in [0.2, 0.25) is 5.91 Å². The Bertz CT molecular complexity index is 1360. The molecular formula is C22H25N9O2. The van der Waals surface area contributed by atoms with Gasteiger partial charge in [0.1, 0.15) is 17.1 Å². The predicted octanol–water partition coefficient (Wildman–Crippen LogP) is 1.74. The minimum atomic E-state index is -0.578. The van der Waals surface area contributed by atoms with E-state index in [1.807, 2.05) is 39.8 Å². The minimum absolute atomic E-state index is 0.133. The first-order chi connectivity index (χ1) is 15.7. The number of nitrogens with one attached hydrogen (secondary N) is 2. The van der Waals surface area contributed by atoms with Gasteiger partial charge in [-0.05, 0) is 57.4 Å². The first-order valence-corrected chi connectivity index (χ1v) is 10.5. The van der Waals surface area contributed by atoms with Crippen LogP contribution >= 0.6 is 0 Å². The quantitative estimate of drug-likeness (QED) is 0.389. The summed E-state index contributed by atoms with van der Waals surface area (Å²) in [5, 5.41) is 14.3. The van der Waals surface area contributed by atoms with Crippen LogP contribution in [0.4, 0.5) is 0 Å². The average Bonchev–Trinajstić information content (AvgIpc) is 3.41. The molecule has 0 aliphatic rings. The molecule has 2 amide bonds. The molecule has 0 aromatic carbocycles. The maximum atomic E-state index is 12.6. The lowest BCUT2D eigenvalue weighted by atomic mass is 10.1. The highest BCUT2D eigenvalue weighted by Gasteiger charge is 2.19. The summed E-state index contributed by atoms with van der Waals surface area (Å²) in [7, 11) is 0. The lowest BCUT2D eigenvalue weighted by molar-refractivity contribution is -0.121. The summed E-state index contributed by atoms with van der Waals surface area (Å²) >= 11 is 0. The number of aromatic nitrogens is 7. The Labute approximate surface area is 189 Å². The van der Waals surface area contributed by atoms with Gasteiger partial charge < -0.3 is 11.1 Å². The molecule has 0 aliphatic heterocycles. The standard InChI is InChI=1S/C22H25N9O2/c1-11-7-8-24-17(9-11)21-28-20(29-30-21)13(3)26-18(32)6-5-15-12(2)27-22-16(19(23)33)10-25-31(22)14(15)4/h7-10,13H,5-6H2,1-4H3,(H2,23,33)(H,26,32)(H,28,29,30). The number of hydrogen-bond donors (Lipinski definition) is 3. The van der Waals surface area contributed by atoms with Crippen LogP contribution < -0.4 is 11.1 Å². The summed E-state index contributed by atoms with van der Waals surface area (Å²) in [5.41, 5.74) is 10.3. The first kappa shape index (κ1) is 22.1. The second-order valence-electron chi connectivity index (χ2n) is 7.97. The van der Waals surface area contributed by atoms with Gasteiger partial charge in [0.15, 0.2) is 11.5 Å². The molecule has 0 aliphatic carbocycles. The van der Waals surface area contributed by atoms with Crippen molar-refractivity contribution in [2.24, 2.45) is 5.73 Å². The third-order valence-electron chi connectivity index (χ3n) is 5.51. The normalized spacial score (nSPS) is 12.1. The van der Waals surface area contributed by atoms with Crippen molar-refractivity contribution in [2.45, 2.75) is 46.6 Å². The SMILES string of the molecule is Cc1ccnc(-c2n[nH]c(C(C)NC(=O)CCc3c(C)nc4c(C(N)=O)cnn4c3C)n2)c1. The van der Waals surface area contributed by atoms with Crippen LogP contribution in [0.5, 0.6) is 0 Å². The number of rotatable bonds is 7. The first-order valence-electron chi connectivity index (χ1n) is 10.5. The van der Waals surface area contributed by atoms with Crippen LogP contribution in [0.15, 0.2) is 24.5 Å². The number of fused-ring (bicyclic) bond motifs is 1. The number of aryl methyl sites for hydroxylation is 3. The van der Waals surface area contributed by atoms with Gasteiger partial charge in [-0.2, -0.15) is 10.2 Å². The summed E-state index contributed by atoms with van der Waals surface area (Å²) in [6.45, 7) is 7.53. The summed E-state index contributed by atoms with van der Waals surface area (Å²) in [4.78, 5) is 37.4. The molecule has 4 aromatic heterocycles. The molecule has 1 unspecified atom stereocenters. The molecule has 4 aromatic rings. The molecule has 0 bridgehead atoms. The summed E-state index contributed by atoms with van der Waals surface area (Å²) in [6, 6.07) is 3.45. The highest BCUT2D eigenvalue weighted by atomic mass is 16.2. The Morgan fingerprint density at radius 3 is 2.76 bits per heavy atom. The number of amides is 2. The van der Waals surface area contributed by atoms with Crippen molar-refractivity contribution >= 4 is 17.5 Å². The van der Waals surface area contributed by atoms with Crippen LogP contribution in [0.1, 0.15) is 58.1 Å². The predicted molar refractivity (Wildman–Crippen MR) is 120 cm³/mol. The highest BCUT2D eigenvalue weighted by Crippen LogP contribution is 2.19. The number of nitrogens with zero attached hydrogens (tertiary/aromatic N) is 6. The third-order valence-corrected chi connectivity index (χ3v) is 5.51. The van der Waals surface area contributed by atoms with E-state index in [9.17, 15) is 9.59 Å². The van der Waals surface area contributed by atoms with Crippen LogP contribution in [0.3, 0.4) is 0 Å². The number of hydrogen-bond acceptors (Lipinski definition) is 7. The fraction of sp³-hybridized carbons (Fsp3) is 0.318. The van der Waals surface area contributed by atoms with Gasteiger partial charge in [-0.3, -0.25) is 19.7 Å². The number of nitrogens with two attached hydrogens (primary N) is 1.